The van der Waals surface area contributed by atoms with Crippen LogP contribution < -0.4 is 10.5 Å². The Labute approximate surface area is 103 Å². The molecule has 96 valence electrons. The van der Waals surface area contributed by atoms with Crippen LogP contribution in [0.15, 0.2) is 29.2 Å². The van der Waals surface area contributed by atoms with E-state index in [0.717, 1.165) is 19.3 Å². The molecule has 0 radical (unpaired) electrons. The minimum Gasteiger partial charge on any atom is -0.398 e. The Morgan fingerprint density at radius 2 is 2.00 bits per heavy atom. The molecule has 1 aromatic rings. The van der Waals surface area contributed by atoms with Gasteiger partial charge in [0.15, 0.2) is 0 Å². The van der Waals surface area contributed by atoms with Crippen molar-refractivity contribution in [3.05, 3.63) is 24.3 Å². The highest BCUT2D eigenvalue weighted by atomic mass is 32.2. The van der Waals surface area contributed by atoms with Crippen LogP contribution in [0.3, 0.4) is 0 Å². The molecule has 0 saturated heterocycles. The number of benzene rings is 1. The second-order valence-corrected chi connectivity index (χ2v) is 5.88. The lowest BCUT2D eigenvalue weighted by Crippen LogP contribution is -2.32. The summed E-state index contributed by atoms with van der Waals surface area (Å²) in [6.07, 6.45) is 2.90. The molecule has 0 bridgehead atoms. The van der Waals surface area contributed by atoms with Gasteiger partial charge in [-0.1, -0.05) is 31.9 Å². The fourth-order valence-corrected chi connectivity index (χ4v) is 3.03. The molecule has 17 heavy (non-hydrogen) atoms. The van der Waals surface area contributed by atoms with Crippen molar-refractivity contribution in [2.24, 2.45) is 0 Å². The zero-order valence-corrected chi connectivity index (χ0v) is 11.1. The van der Waals surface area contributed by atoms with E-state index in [-0.39, 0.29) is 16.6 Å². The van der Waals surface area contributed by atoms with Gasteiger partial charge in [-0.15, -0.1) is 0 Å². The lowest BCUT2D eigenvalue weighted by molar-refractivity contribution is 0.534. The number of anilines is 1. The summed E-state index contributed by atoms with van der Waals surface area (Å²) in [7, 11) is -3.50. The minimum atomic E-state index is -3.50. The zero-order valence-electron chi connectivity index (χ0n) is 10.3. The molecule has 1 unspecified atom stereocenters. The van der Waals surface area contributed by atoms with Crippen molar-refractivity contribution in [1.29, 1.82) is 0 Å². The smallest absolute Gasteiger partial charge is 0.242 e. The Kier molecular flexibility index (Phi) is 4.96. The predicted octanol–water partition coefficient (Wildman–Crippen LogP) is 2.13. The van der Waals surface area contributed by atoms with E-state index < -0.39 is 10.0 Å². The predicted molar refractivity (Wildman–Crippen MR) is 70.2 cm³/mol. The molecule has 4 nitrogen and oxygen atoms in total. The number of nitrogen functional groups attached to an aromatic ring is 1. The molecule has 0 aliphatic carbocycles. The molecule has 1 atom stereocenters. The summed E-state index contributed by atoms with van der Waals surface area (Å²) in [6, 6.07) is 6.42. The van der Waals surface area contributed by atoms with E-state index in [9.17, 15) is 8.42 Å². The van der Waals surface area contributed by atoms with Crippen molar-refractivity contribution in [3.8, 4) is 0 Å². The molecule has 1 rings (SSSR count). The first-order chi connectivity index (χ1) is 7.97. The van der Waals surface area contributed by atoms with Crippen molar-refractivity contribution in [1.82, 2.24) is 4.72 Å². The van der Waals surface area contributed by atoms with Gasteiger partial charge in [0.1, 0.15) is 4.90 Å². The van der Waals surface area contributed by atoms with Crippen LogP contribution in [0.25, 0.3) is 0 Å². The van der Waals surface area contributed by atoms with Crippen LogP contribution >= 0.6 is 0 Å². The molecule has 0 spiro atoms. The highest BCUT2D eigenvalue weighted by Crippen LogP contribution is 2.17. The molecule has 0 aliphatic heterocycles. The van der Waals surface area contributed by atoms with Crippen molar-refractivity contribution in [2.45, 2.75) is 44.0 Å². The fourth-order valence-electron chi connectivity index (χ4n) is 1.62. The van der Waals surface area contributed by atoms with Gasteiger partial charge in [0, 0.05) is 6.04 Å². The monoisotopic (exact) mass is 256 g/mol. The van der Waals surface area contributed by atoms with Crippen LogP contribution in [0.4, 0.5) is 5.69 Å². The molecule has 0 saturated carbocycles. The van der Waals surface area contributed by atoms with Crippen LogP contribution in [0, 0.1) is 0 Å². The number of nitrogens with one attached hydrogen (secondary N) is 1. The fraction of sp³-hybridized carbons (Fsp3) is 0.500. The third-order valence-corrected chi connectivity index (χ3v) is 4.22. The summed E-state index contributed by atoms with van der Waals surface area (Å²) in [5, 5.41) is 0. The Balaban J connectivity index is 2.79. The lowest BCUT2D eigenvalue weighted by Gasteiger charge is -2.14. The Bertz CT molecular complexity index is 457. The molecule has 0 amide bonds. The number of sulfonamides is 1. The van der Waals surface area contributed by atoms with Crippen LogP contribution in [0.5, 0.6) is 0 Å². The van der Waals surface area contributed by atoms with E-state index in [1.54, 1.807) is 18.2 Å². The third-order valence-electron chi connectivity index (χ3n) is 2.56. The minimum absolute atomic E-state index is 0.0699. The van der Waals surface area contributed by atoms with Gasteiger partial charge in [-0.2, -0.15) is 0 Å². The van der Waals surface area contributed by atoms with Crippen LogP contribution in [-0.2, 0) is 10.0 Å². The maximum Gasteiger partial charge on any atom is 0.242 e. The first-order valence-corrected chi connectivity index (χ1v) is 7.32. The SMILES string of the molecule is CCCCC(C)NS(=O)(=O)c1ccccc1N. The van der Waals surface area contributed by atoms with Crippen molar-refractivity contribution >= 4 is 15.7 Å². The van der Waals surface area contributed by atoms with E-state index in [0.29, 0.717) is 0 Å². The Morgan fingerprint density at radius 1 is 1.35 bits per heavy atom. The summed E-state index contributed by atoms with van der Waals surface area (Å²) >= 11 is 0. The van der Waals surface area contributed by atoms with E-state index in [4.69, 9.17) is 5.73 Å². The Hall–Kier alpha value is -1.07. The first-order valence-electron chi connectivity index (χ1n) is 5.84. The van der Waals surface area contributed by atoms with Gasteiger partial charge in [-0.25, -0.2) is 13.1 Å². The van der Waals surface area contributed by atoms with Gasteiger partial charge in [-0.05, 0) is 25.5 Å². The Morgan fingerprint density at radius 3 is 2.59 bits per heavy atom. The number of unbranched alkanes of at least 4 members (excludes halogenated alkanes) is 1. The van der Waals surface area contributed by atoms with E-state index in [1.165, 1.54) is 6.07 Å². The average Bonchev–Trinajstić information content (AvgIpc) is 2.26. The molecular formula is C12H20N2O2S. The molecule has 3 N–H and O–H groups in total. The number of hydrogen-bond donors (Lipinski definition) is 2. The maximum absolute atomic E-state index is 12.0. The molecule has 5 heteroatoms. The van der Waals surface area contributed by atoms with Gasteiger partial charge in [0.25, 0.3) is 0 Å². The number of nitrogens with two attached hydrogens (primary N) is 1. The summed E-state index contributed by atoms with van der Waals surface area (Å²) in [4.78, 5) is 0.156. The molecule has 0 aromatic heterocycles. The molecule has 0 fully saturated rings. The van der Waals surface area contributed by atoms with E-state index in [1.807, 2.05) is 6.92 Å². The number of rotatable bonds is 6. The molecular weight excluding hydrogens is 236 g/mol. The van der Waals surface area contributed by atoms with Crippen LogP contribution in [0.2, 0.25) is 0 Å². The second kappa shape index (κ2) is 6.02. The largest absolute Gasteiger partial charge is 0.398 e. The van der Waals surface area contributed by atoms with Crippen molar-refractivity contribution in [2.75, 3.05) is 5.73 Å². The molecule has 0 aliphatic rings. The first kappa shape index (κ1) is 14.0. The van der Waals surface area contributed by atoms with Crippen LogP contribution in [0.1, 0.15) is 33.1 Å². The van der Waals surface area contributed by atoms with Crippen LogP contribution in [-0.4, -0.2) is 14.5 Å². The van der Waals surface area contributed by atoms with Gasteiger partial charge in [0.05, 0.1) is 5.69 Å². The summed E-state index contributed by atoms with van der Waals surface area (Å²) in [5.74, 6) is 0. The summed E-state index contributed by atoms with van der Waals surface area (Å²) < 4.78 is 26.7. The lowest BCUT2D eigenvalue weighted by atomic mass is 10.2. The average molecular weight is 256 g/mol. The zero-order chi connectivity index (χ0) is 12.9. The van der Waals surface area contributed by atoms with Gasteiger partial charge >= 0.3 is 0 Å². The second-order valence-electron chi connectivity index (χ2n) is 4.20. The topological polar surface area (TPSA) is 72.2 Å². The van der Waals surface area contributed by atoms with E-state index in [2.05, 4.69) is 11.6 Å². The van der Waals surface area contributed by atoms with E-state index >= 15 is 0 Å². The summed E-state index contributed by atoms with van der Waals surface area (Å²) in [5.41, 5.74) is 5.94. The summed E-state index contributed by atoms with van der Waals surface area (Å²) in [6.45, 7) is 3.95. The maximum atomic E-state index is 12.0. The molecule has 1 aromatic carbocycles. The standard InChI is InChI=1S/C12H20N2O2S/c1-3-4-7-10(2)14-17(15,16)12-9-6-5-8-11(12)13/h5-6,8-10,14H,3-4,7,13H2,1-2H3. The van der Waals surface area contributed by atoms with Gasteiger partial charge in [-0.3, -0.25) is 0 Å². The highest BCUT2D eigenvalue weighted by molar-refractivity contribution is 7.89. The van der Waals surface area contributed by atoms with Gasteiger partial charge < -0.3 is 5.73 Å². The highest BCUT2D eigenvalue weighted by Gasteiger charge is 2.18. The normalized spacial score (nSPS) is 13.5. The van der Waals surface area contributed by atoms with Crippen molar-refractivity contribution in [3.63, 3.8) is 0 Å². The quantitative estimate of drug-likeness (QED) is 0.766. The molecule has 0 heterocycles. The van der Waals surface area contributed by atoms with Crippen molar-refractivity contribution < 1.29 is 8.42 Å². The number of para-hydroxylation sites is 1. The van der Waals surface area contributed by atoms with Gasteiger partial charge in [0.2, 0.25) is 10.0 Å². The number of hydrogen-bond acceptors (Lipinski definition) is 3. The third kappa shape index (κ3) is 4.02.